The van der Waals surface area contributed by atoms with Crippen LogP contribution in [-0.2, 0) is 9.47 Å². The molecule has 0 bridgehead atoms. The molecule has 2 atom stereocenters. The predicted octanol–water partition coefficient (Wildman–Crippen LogP) is 0.829. The van der Waals surface area contributed by atoms with E-state index >= 15 is 0 Å². The van der Waals surface area contributed by atoms with Gasteiger partial charge < -0.3 is 14.6 Å². The summed E-state index contributed by atoms with van der Waals surface area (Å²) in [6.07, 6.45) is 2.99. The van der Waals surface area contributed by atoms with Crippen molar-refractivity contribution >= 4 is 0 Å². The maximum Gasteiger partial charge on any atom is 0.164 e. The van der Waals surface area contributed by atoms with Crippen LogP contribution in [0.2, 0.25) is 0 Å². The van der Waals surface area contributed by atoms with Gasteiger partial charge in [0.1, 0.15) is 6.10 Å². The van der Waals surface area contributed by atoms with Crippen LogP contribution in [-0.4, -0.2) is 29.7 Å². The van der Waals surface area contributed by atoms with E-state index in [1.807, 2.05) is 19.9 Å². The van der Waals surface area contributed by atoms with Crippen molar-refractivity contribution in [2.75, 3.05) is 6.61 Å². The van der Waals surface area contributed by atoms with Gasteiger partial charge in [0.15, 0.2) is 5.79 Å². The fourth-order valence-electron chi connectivity index (χ4n) is 1.86. The van der Waals surface area contributed by atoms with Crippen LogP contribution in [0.4, 0.5) is 0 Å². The maximum absolute atomic E-state index is 8.98. The average Bonchev–Trinajstić information content (AvgIpc) is 2.42. The number of hydrogen-bond donors (Lipinski definition) is 1. The fraction of sp³-hybridized carbons (Fsp3) is 0.778. The third-order valence-corrected chi connectivity index (χ3v) is 2.34. The molecule has 1 aliphatic heterocycles. The van der Waals surface area contributed by atoms with Crippen LogP contribution in [0.15, 0.2) is 11.6 Å². The summed E-state index contributed by atoms with van der Waals surface area (Å²) in [4.78, 5) is 0. The van der Waals surface area contributed by atoms with Crippen LogP contribution in [0.3, 0.4) is 0 Å². The van der Waals surface area contributed by atoms with Crippen molar-refractivity contribution in [3.63, 3.8) is 0 Å². The first-order chi connectivity index (χ1) is 5.62. The first-order valence-corrected chi connectivity index (χ1v) is 4.28. The summed E-state index contributed by atoms with van der Waals surface area (Å²) in [6, 6.07) is 0. The van der Waals surface area contributed by atoms with Gasteiger partial charge in [0.2, 0.25) is 0 Å². The largest absolute Gasteiger partial charge is 0.392 e. The zero-order valence-electron chi connectivity index (χ0n) is 7.41. The van der Waals surface area contributed by atoms with Crippen molar-refractivity contribution in [3.8, 4) is 0 Å². The van der Waals surface area contributed by atoms with Gasteiger partial charge in [-0.1, -0.05) is 6.08 Å². The van der Waals surface area contributed by atoms with Gasteiger partial charge in [0, 0.05) is 0 Å². The maximum atomic E-state index is 8.98. The predicted molar refractivity (Wildman–Crippen MR) is 43.6 cm³/mol. The Hall–Kier alpha value is -0.380. The summed E-state index contributed by atoms with van der Waals surface area (Å²) in [5.41, 5.74) is 0.963. The number of aliphatic hydroxyl groups is 1. The molecule has 1 N–H and O–H groups in total. The van der Waals surface area contributed by atoms with E-state index in [0.29, 0.717) is 0 Å². The first kappa shape index (κ1) is 8.23. The number of ether oxygens (including phenoxy) is 2. The minimum atomic E-state index is -0.482. The molecular weight excluding hydrogens is 156 g/mol. The van der Waals surface area contributed by atoms with Crippen molar-refractivity contribution in [2.24, 2.45) is 0 Å². The molecule has 1 saturated heterocycles. The normalized spacial score (nSPS) is 38.1. The Morgan fingerprint density at radius 2 is 2.33 bits per heavy atom. The Morgan fingerprint density at radius 3 is 3.00 bits per heavy atom. The molecule has 0 radical (unpaired) electrons. The summed E-state index contributed by atoms with van der Waals surface area (Å²) >= 11 is 0. The standard InChI is InChI=1S/C9H14O3/c1-9(2)11-7-4-3-6(5-10)8(7)12-9/h3,7-8,10H,4-5H2,1-2H3/t7-,8+/m0/s1. The molecule has 0 spiro atoms. The minimum absolute atomic E-state index is 0.00926. The molecule has 2 aliphatic rings. The van der Waals surface area contributed by atoms with Gasteiger partial charge >= 0.3 is 0 Å². The van der Waals surface area contributed by atoms with E-state index in [9.17, 15) is 0 Å². The number of aliphatic hydroxyl groups excluding tert-OH is 1. The summed E-state index contributed by atoms with van der Waals surface area (Å²) in [6.45, 7) is 3.89. The molecule has 1 fully saturated rings. The number of rotatable bonds is 1. The van der Waals surface area contributed by atoms with Gasteiger partial charge in [0.25, 0.3) is 0 Å². The van der Waals surface area contributed by atoms with Gasteiger partial charge in [-0.15, -0.1) is 0 Å². The highest BCUT2D eigenvalue weighted by Gasteiger charge is 2.44. The molecule has 3 heteroatoms. The quantitative estimate of drug-likeness (QED) is 0.592. The Kier molecular flexibility index (Phi) is 1.75. The highest BCUT2D eigenvalue weighted by atomic mass is 16.8. The van der Waals surface area contributed by atoms with Crippen molar-refractivity contribution in [1.29, 1.82) is 0 Å². The Balaban J connectivity index is 2.12. The second kappa shape index (κ2) is 2.55. The van der Waals surface area contributed by atoms with Gasteiger partial charge in [-0.25, -0.2) is 0 Å². The molecule has 0 saturated carbocycles. The number of fused-ring (bicyclic) bond motifs is 1. The van der Waals surface area contributed by atoms with Gasteiger partial charge in [-0.3, -0.25) is 0 Å². The molecule has 1 aliphatic carbocycles. The van der Waals surface area contributed by atoms with E-state index in [4.69, 9.17) is 14.6 Å². The van der Waals surface area contributed by atoms with E-state index < -0.39 is 5.79 Å². The summed E-state index contributed by atoms with van der Waals surface area (Å²) in [5, 5.41) is 8.98. The van der Waals surface area contributed by atoms with Gasteiger partial charge in [-0.05, 0) is 25.8 Å². The minimum Gasteiger partial charge on any atom is -0.392 e. The van der Waals surface area contributed by atoms with Crippen molar-refractivity contribution in [2.45, 2.75) is 38.3 Å². The lowest BCUT2D eigenvalue weighted by atomic mass is 10.2. The molecule has 0 unspecified atom stereocenters. The van der Waals surface area contributed by atoms with Crippen molar-refractivity contribution in [3.05, 3.63) is 11.6 Å². The van der Waals surface area contributed by atoms with Crippen molar-refractivity contribution in [1.82, 2.24) is 0 Å². The molecule has 0 aromatic heterocycles. The van der Waals surface area contributed by atoms with Crippen LogP contribution in [0.5, 0.6) is 0 Å². The molecule has 0 aromatic carbocycles. The Bertz CT molecular complexity index is 220. The molecule has 2 rings (SSSR count). The third kappa shape index (κ3) is 1.18. The average molecular weight is 170 g/mol. The van der Waals surface area contributed by atoms with Crippen LogP contribution in [0.25, 0.3) is 0 Å². The summed E-state index contributed by atoms with van der Waals surface area (Å²) in [7, 11) is 0. The van der Waals surface area contributed by atoms with Crippen molar-refractivity contribution < 1.29 is 14.6 Å². The zero-order valence-corrected chi connectivity index (χ0v) is 7.41. The Labute approximate surface area is 72.0 Å². The lowest BCUT2D eigenvalue weighted by Gasteiger charge is -2.17. The molecule has 1 heterocycles. The monoisotopic (exact) mass is 170 g/mol. The molecule has 0 amide bonds. The van der Waals surface area contributed by atoms with Crippen LogP contribution in [0, 0.1) is 0 Å². The topological polar surface area (TPSA) is 38.7 Å². The van der Waals surface area contributed by atoms with Crippen LogP contribution < -0.4 is 0 Å². The molecular formula is C9H14O3. The fourth-order valence-corrected chi connectivity index (χ4v) is 1.86. The van der Waals surface area contributed by atoms with E-state index in [2.05, 4.69) is 0 Å². The van der Waals surface area contributed by atoms with E-state index in [1.54, 1.807) is 0 Å². The first-order valence-electron chi connectivity index (χ1n) is 4.28. The number of hydrogen-bond acceptors (Lipinski definition) is 3. The second-order valence-electron chi connectivity index (χ2n) is 3.77. The van der Waals surface area contributed by atoms with E-state index in [-0.39, 0.29) is 18.8 Å². The zero-order chi connectivity index (χ0) is 8.77. The molecule has 0 aromatic rings. The lowest BCUT2D eigenvalue weighted by molar-refractivity contribution is -0.145. The summed E-state index contributed by atoms with van der Waals surface area (Å²) in [5.74, 6) is -0.482. The van der Waals surface area contributed by atoms with Gasteiger partial charge in [0.05, 0.1) is 12.7 Å². The summed E-state index contributed by atoms with van der Waals surface area (Å²) < 4.78 is 11.2. The molecule has 12 heavy (non-hydrogen) atoms. The molecule has 3 nitrogen and oxygen atoms in total. The molecule has 68 valence electrons. The van der Waals surface area contributed by atoms with E-state index in [1.165, 1.54) is 0 Å². The SMILES string of the molecule is CC1(C)O[C@H]2CC=C(CO)[C@H]2O1. The highest BCUT2D eigenvalue weighted by Crippen LogP contribution is 2.37. The third-order valence-electron chi connectivity index (χ3n) is 2.34. The van der Waals surface area contributed by atoms with E-state index in [0.717, 1.165) is 12.0 Å². The Morgan fingerprint density at radius 1 is 1.58 bits per heavy atom. The van der Waals surface area contributed by atoms with Gasteiger partial charge in [-0.2, -0.15) is 0 Å². The second-order valence-corrected chi connectivity index (χ2v) is 3.77. The lowest BCUT2D eigenvalue weighted by Crippen LogP contribution is -2.22. The smallest absolute Gasteiger partial charge is 0.164 e. The van der Waals surface area contributed by atoms with Crippen LogP contribution >= 0.6 is 0 Å². The van der Waals surface area contributed by atoms with Crippen LogP contribution in [0.1, 0.15) is 20.3 Å². The highest BCUT2D eigenvalue weighted by molar-refractivity contribution is 5.20.